The van der Waals surface area contributed by atoms with Gasteiger partial charge in [0.05, 0.1) is 24.4 Å². The van der Waals surface area contributed by atoms with Crippen LogP contribution in [0.25, 0.3) is 0 Å². The smallest absolute Gasteiger partial charge is 0.246 e. The molecule has 2 aromatic rings. The maximum Gasteiger partial charge on any atom is 0.246 e. The van der Waals surface area contributed by atoms with Gasteiger partial charge in [0.15, 0.2) is 0 Å². The van der Waals surface area contributed by atoms with E-state index in [0.29, 0.717) is 28.4 Å². The van der Waals surface area contributed by atoms with Gasteiger partial charge in [0.1, 0.15) is 11.8 Å². The van der Waals surface area contributed by atoms with Crippen LogP contribution in [0.5, 0.6) is 5.75 Å². The number of carbonyl (C=O) groups is 2. The number of nitrogens with zero attached hydrogens (tertiary/aromatic N) is 1. The van der Waals surface area contributed by atoms with Crippen molar-refractivity contribution in [3.05, 3.63) is 48.0 Å². The van der Waals surface area contributed by atoms with Crippen molar-refractivity contribution in [2.24, 2.45) is 0 Å². The van der Waals surface area contributed by atoms with Crippen molar-refractivity contribution < 1.29 is 14.3 Å². The molecule has 0 saturated heterocycles. The summed E-state index contributed by atoms with van der Waals surface area (Å²) in [5, 5.41) is 17.3. The van der Waals surface area contributed by atoms with Crippen LogP contribution in [0.15, 0.2) is 42.5 Å². The molecule has 2 rings (SSSR count). The lowest BCUT2D eigenvalue weighted by Crippen LogP contribution is -2.32. The highest BCUT2D eigenvalue weighted by molar-refractivity contribution is 5.97. The minimum absolute atomic E-state index is 0.187. The zero-order chi connectivity index (χ0) is 19.1. The van der Waals surface area contributed by atoms with Crippen LogP contribution in [0.3, 0.4) is 0 Å². The van der Waals surface area contributed by atoms with Gasteiger partial charge < -0.3 is 20.7 Å². The number of hydrogen-bond acceptors (Lipinski definition) is 5. The first-order valence-corrected chi connectivity index (χ1v) is 7.96. The van der Waals surface area contributed by atoms with Crippen molar-refractivity contribution in [1.29, 1.82) is 5.26 Å². The summed E-state index contributed by atoms with van der Waals surface area (Å²) in [5.41, 5.74) is 2.30. The lowest BCUT2D eigenvalue weighted by atomic mass is 10.2. The molecule has 0 radical (unpaired) electrons. The molecule has 0 aliphatic heterocycles. The van der Waals surface area contributed by atoms with E-state index in [-0.39, 0.29) is 11.8 Å². The molecule has 0 aliphatic carbocycles. The second kappa shape index (κ2) is 8.53. The zero-order valence-electron chi connectivity index (χ0n) is 14.8. The molecule has 7 nitrogen and oxygen atoms in total. The third kappa shape index (κ3) is 4.98. The van der Waals surface area contributed by atoms with E-state index in [0.717, 1.165) is 0 Å². The molecule has 1 atom stereocenters. The first-order valence-electron chi connectivity index (χ1n) is 7.96. The molecule has 0 bridgehead atoms. The van der Waals surface area contributed by atoms with Crippen LogP contribution in [0.4, 0.5) is 17.1 Å². The summed E-state index contributed by atoms with van der Waals surface area (Å²) in [6.45, 7) is 3.13. The number of benzene rings is 2. The molecule has 26 heavy (non-hydrogen) atoms. The highest BCUT2D eigenvalue weighted by Gasteiger charge is 2.15. The summed E-state index contributed by atoms with van der Waals surface area (Å²) in [5.74, 6) is 0.117. The molecule has 0 spiro atoms. The fraction of sp³-hybridized carbons (Fsp3) is 0.211. The Balaban J connectivity index is 2.09. The van der Waals surface area contributed by atoms with Crippen LogP contribution < -0.4 is 20.7 Å². The predicted molar refractivity (Wildman–Crippen MR) is 100 cm³/mol. The van der Waals surface area contributed by atoms with Gasteiger partial charge in [0, 0.05) is 18.3 Å². The molecular formula is C19H20N4O3. The van der Waals surface area contributed by atoms with Gasteiger partial charge in [0.25, 0.3) is 0 Å². The minimum Gasteiger partial charge on any atom is -0.495 e. The van der Waals surface area contributed by atoms with E-state index in [9.17, 15) is 9.59 Å². The molecule has 0 saturated carbocycles. The van der Waals surface area contributed by atoms with Gasteiger partial charge in [-0.05, 0) is 49.4 Å². The van der Waals surface area contributed by atoms with Crippen LogP contribution in [-0.4, -0.2) is 25.0 Å². The van der Waals surface area contributed by atoms with Crippen molar-refractivity contribution in [2.75, 3.05) is 23.1 Å². The van der Waals surface area contributed by atoms with Gasteiger partial charge >= 0.3 is 0 Å². The van der Waals surface area contributed by atoms with Crippen LogP contribution >= 0.6 is 0 Å². The summed E-state index contributed by atoms with van der Waals surface area (Å²) in [4.78, 5) is 23.6. The Kier molecular flexibility index (Phi) is 6.17. The Morgan fingerprint density at radius 1 is 1.08 bits per heavy atom. The third-order valence-electron chi connectivity index (χ3n) is 3.57. The van der Waals surface area contributed by atoms with Crippen molar-refractivity contribution in [3.63, 3.8) is 0 Å². The average molecular weight is 352 g/mol. The highest BCUT2D eigenvalue weighted by Crippen LogP contribution is 2.28. The monoisotopic (exact) mass is 352 g/mol. The lowest BCUT2D eigenvalue weighted by Gasteiger charge is -2.18. The van der Waals surface area contributed by atoms with E-state index >= 15 is 0 Å². The molecule has 0 unspecified atom stereocenters. The normalized spacial score (nSPS) is 11.0. The number of anilines is 3. The van der Waals surface area contributed by atoms with Crippen LogP contribution in [0, 0.1) is 11.3 Å². The van der Waals surface area contributed by atoms with Crippen LogP contribution in [-0.2, 0) is 9.59 Å². The van der Waals surface area contributed by atoms with Gasteiger partial charge in [-0.3, -0.25) is 9.59 Å². The maximum atomic E-state index is 12.4. The van der Waals surface area contributed by atoms with Gasteiger partial charge in [-0.25, -0.2) is 0 Å². The SMILES string of the molecule is COc1ccc(NC(C)=O)cc1N[C@H](C)C(=O)Nc1ccc(C#N)cc1. The minimum atomic E-state index is -0.563. The van der Waals surface area contributed by atoms with Crippen LogP contribution in [0.1, 0.15) is 19.4 Å². The molecule has 2 aromatic carbocycles. The lowest BCUT2D eigenvalue weighted by molar-refractivity contribution is -0.116. The summed E-state index contributed by atoms with van der Waals surface area (Å²) >= 11 is 0. The number of hydrogen-bond donors (Lipinski definition) is 3. The highest BCUT2D eigenvalue weighted by atomic mass is 16.5. The molecule has 0 aromatic heterocycles. The second-order valence-electron chi connectivity index (χ2n) is 5.64. The van der Waals surface area contributed by atoms with E-state index in [1.807, 2.05) is 6.07 Å². The molecule has 0 aliphatic rings. The average Bonchev–Trinajstić information content (AvgIpc) is 2.62. The molecule has 3 N–H and O–H groups in total. The van der Waals surface area contributed by atoms with Gasteiger partial charge in [0.2, 0.25) is 11.8 Å². The number of ether oxygens (including phenoxy) is 1. The number of amides is 2. The first-order chi connectivity index (χ1) is 12.4. The molecule has 134 valence electrons. The first kappa shape index (κ1) is 18.8. The molecule has 0 heterocycles. The molecule has 2 amide bonds. The largest absolute Gasteiger partial charge is 0.495 e. The Hall–Kier alpha value is -3.53. The standard InChI is InChI=1S/C19H20N4O3/c1-12(19(25)23-15-6-4-14(11-20)5-7-15)21-17-10-16(22-13(2)24)8-9-18(17)26-3/h4-10,12,21H,1-3H3,(H,22,24)(H,23,25)/t12-/m1/s1. The Morgan fingerprint density at radius 2 is 1.73 bits per heavy atom. The van der Waals surface area contributed by atoms with E-state index in [4.69, 9.17) is 10.00 Å². The van der Waals surface area contributed by atoms with E-state index in [1.54, 1.807) is 49.4 Å². The maximum absolute atomic E-state index is 12.4. The third-order valence-corrected chi connectivity index (χ3v) is 3.57. The number of methoxy groups -OCH3 is 1. The molecular weight excluding hydrogens is 332 g/mol. The van der Waals surface area contributed by atoms with E-state index < -0.39 is 6.04 Å². The van der Waals surface area contributed by atoms with E-state index in [1.165, 1.54) is 14.0 Å². The topological polar surface area (TPSA) is 103 Å². The zero-order valence-corrected chi connectivity index (χ0v) is 14.8. The van der Waals surface area contributed by atoms with Crippen LogP contribution in [0.2, 0.25) is 0 Å². The number of rotatable bonds is 6. The van der Waals surface area contributed by atoms with Crippen molar-refractivity contribution in [2.45, 2.75) is 19.9 Å². The second-order valence-corrected chi connectivity index (χ2v) is 5.64. The van der Waals surface area contributed by atoms with Gasteiger partial charge in [-0.1, -0.05) is 0 Å². The van der Waals surface area contributed by atoms with Gasteiger partial charge in [-0.2, -0.15) is 5.26 Å². The summed E-state index contributed by atoms with van der Waals surface area (Å²) in [6.07, 6.45) is 0. The van der Waals surface area contributed by atoms with Crippen molar-refractivity contribution in [3.8, 4) is 11.8 Å². The van der Waals surface area contributed by atoms with Crippen molar-refractivity contribution >= 4 is 28.9 Å². The fourth-order valence-electron chi connectivity index (χ4n) is 2.28. The number of nitriles is 1. The Labute approximate surface area is 152 Å². The summed E-state index contributed by atoms with van der Waals surface area (Å²) in [7, 11) is 1.53. The molecule has 7 heteroatoms. The number of carbonyl (C=O) groups excluding carboxylic acids is 2. The predicted octanol–water partition coefficient (Wildman–Crippen LogP) is 2.96. The summed E-state index contributed by atoms with van der Waals surface area (Å²) < 4.78 is 5.29. The number of nitrogens with one attached hydrogen (secondary N) is 3. The van der Waals surface area contributed by atoms with E-state index in [2.05, 4.69) is 16.0 Å². The van der Waals surface area contributed by atoms with Crippen molar-refractivity contribution in [1.82, 2.24) is 0 Å². The fourth-order valence-corrected chi connectivity index (χ4v) is 2.28. The van der Waals surface area contributed by atoms with Gasteiger partial charge in [-0.15, -0.1) is 0 Å². The quantitative estimate of drug-likeness (QED) is 0.741. The molecule has 0 fully saturated rings. The summed E-state index contributed by atoms with van der Waals surface area (Å²) in [6, 6.07) is 13.2. The Bertz CT molecular complexity index is 841. The Morgan fingerprint density at radius 3 is 2.31 bits per heavy atom.